The van der Waals surface area contributed by atoms with E-state index < -0.39 is 6.04 Å². The van der Waals surface area contributed by atoms with E-state index in [0.717, 1.165) is 12.8 Å². The first-order valence-electron chi connectivity index (χ1n) is 5.74. The maximum absolute atomic E-state index is 11.5. The molecule has 1 fully saturated rings. The number of nitrogens with two attached hydrogens (primary N) is 1. The Balaban J connectivity index is 2.25. The van der Waals surface area contributed by atoms with Gasteiger partial charge in [-0.3, -0.25) is 4.79 Å². The smallest absolute Gasteiger partial charge is 0.239 e. The molecule has 0 spiro atoms. The third-order valence-electron chi connectivity index (χ3n) is 3.11. The topological polar surface area (TPSA) is 73.6 Å². The molecule has 0 aromatic carbocycles. The summed E-state index contributed by atoms with van der Waals surface area (Å²) >= 11 is 0. The van der Waals surface area contributed by atoms with Gasteiger partial charge in [0.15, 0.2) is 0 Å². The molecule has 0 radical (unpaired) electrons. The van der Waals surface area contributed by atoms with Crippen LogP contribution < -0.4 is 11.1 Å². The third-order valence-corrected chi connectivity index (χ3v) is 3.11. The lowest BCUT2D eigenvalue weighted by Crippen LogP contribution is -2.45. The summed E-state index contributed by atoms with van der Waals surface area (Å²) in [5.74, 6) is 0.271. The average molecular weight is 230 g/mol. The van der Waals surface area contributed by atoms with Gasteiger partial charge in [-0.15, -0.1) is 0 Å². The molecule has 1 aliphatic rings. The Morgan fingerprint density at radius 2 is 2.25 bits per heavy atom. The lowest BCUT2D eigenvalue weighted by Gasteiger charge is -2.19. The van der Waals surface area contributed by atoms with E-state index in [-0.39, 0.29) is 18.6 Å². The van der Waals surface area contributed by atoms with Crippen LogP contribution >= 0.6 is 0 Å². The summed E-state index contributed by atoms with van der Waals surface area (Å²) in [6.07, 6.45) is 3.64. The number of hydrogen-bond donors (Lipinski definition) is 2. The van der Waals surface area contributed by atoms with Gasteiger partial charge in [0, 0.05) is 26.7 Å². The summed E-state index contributed by atoms with van der Waals surface area (Å²) in [4.78, 5) is 11.5. The van der Waals surface area contributed by atoms with Crippen molar-refractivity contribution in [3.63, 3.8) is 0 Å². The lowest BCUT2D eigenvalue weighted by molar-refractivity contribution is -0.123. The van der Waals surface area contributed by atoms with Gasteiger partial charge in [-0.05, 0) is 12.8 Å². The number of nitrogens with one attached hydrogen (secondary N) is 1. The molecule has 1 aliphatic carbocycles. The van der Waals surface area contributed by atoms with Crippen LogP contribution in [-0.4, -0.2) is 45.4 Å². The first-order chi connectivity index (χ1) is 7.69. The fourth-order valence-corrected chi connectivity index (χ4v) is 2.16. The van der Waals surface area contributed by atoms with Crippen LogP contribution in [0.2, 0.25) is 0 Å². The molecule has 5 heteroatoms. The predicted molar refractivity (Wildman–Crippen MR) is 61.0 cm³/mol. The van der Waals surface area contributed by atoms with E-state index in [0.29, 0.717) is 12.5 Å². The Morgan fingerprint density at radius 1 is 1.50 bits per heavy atom. The van der Waals surface area contributed by atoms with E-state index in [9.17, 15) is 4.79 Å². The van der Waals surface area contributed by atoms with Crippen LogP contribution in [0.1, 0.15) is 19.3 Å². The summed E-state index contributed by atoms with van der Waals surface area (Å²) in [5.41, 5.74) is 5.61. The van der Waals surface area contributed by atoms with E-state index >= 15 is 0 Å². The van der Waals surface area contributed by atoms with Gasteiger partial charge in [0.25, 0.3) is 0 Å². The highest BCUT2D eigenvalue weighted by Gasteiger charge is 2.27. The Morgan fingerprint density at radius 3 is 2.88 bits per heavy atom. The van der Waals surface area contributed by atoms with Crippen molar-refractivity contribution in [3.8, 4) is 0 Å². The second-order valence-corrected chi connectivity index (χ2v) is 4.27. The predicted octanol–water partition coefficient (Wildman–Crippen LogP) is -0.109. The minimum absolute atomic E-state index is 0.149. The average Bonchev–Trinajstić information content (AvgIpc) is 2.73. The van der Waals surface area contributed by atoms with E-state index in [2.05, 4.69) is 5.32 Å². The lowest BCUT2D eigenvalue weighted by atomic mass is 10.1. The van der Waals surface area contributed by atoms with Crippen molar-refractivity contribution in [3.05, 3.63) is 0 Å². The maximum Gasteiger partial charge on any atom is 0.239 e. The molecule has 5 nitrogen and oxygen atoms in total. The van der Waals surface area contributed by atoms with Crippen molar-refractivity contribution in [1.82, 2.24) is 5.32 Å². The van der Waals surface area contributed by atoms with Crippen molar-refractivity contribution in [1.29, 1.82) is 0 Å². The van der Waals surface area contributed by atoms with Gasteiger partial charge in [-0.25, -0.2) is 0 Å². The van der Waals surface area contributed by atoms with Crippen LogP contribution in [0.3, 0.4) is 0 Å². The van der Waals surface area contributed by atoms with Gasteiger partial charge in [0.1, 0.15) is 6.04 Å². The Bertz CT molecular complexity index is 223. The Labute approximate surface area is 96.7 Å². The molecule has 1 saturated carbocycles. The van der Waals surface area contributed by atoms with Gasteiger partial charge < -0.3 is 20.5 Å². The van der Waals surface area contributed by atoms with E-state index in [1.807, 2.05) is 0 Å². The van der Waals surface area contributed by atoms with Crippen LogP contribution in [0.4, 0.5) is 0 Å². The molecular weight excluding hydrogens is 208 g/mol. The van der Waals surface area contributed by atoms with Crippen molar-refractivity contribution in [2.75, 3.05) is 27.4 Å². The zero-order valence-corrected chi connectivity index (χ0v) is 10.1. The van der Waals surface area contributed by atoms with Gasteiger partial charge >= 0.3 is 0 Å². The van der Waals surface area contributed by atoms with Crippen molar-refractivity contribution in [2.45, 2.75) is 31.4 Å². The second kappa shape index (κ2) is 6.83. The van der Waals surface area contributed by atoms with Crippen LogP contribution in [0.15, 0.2) is 0 Å². The van der Waals surface area contributed by atoms with Crippen LogP contribution in [-0.2, 0) is 14.3 Å². The first kappa shape index (κ1) is 13.4. The van der Waals surface area contributed by atoms with Crippen molar-refractivity contribution in [2.24, 2.45) is 11.7 Å². The summed E-state index contributed by atoms with van der Waals surface area (Å²) in [5, 5.41) is 2.85. The van der Waals surface area contributed by atoms with Gasteiger partial charge in [0.2, 0.25) is 5.91 Å². The molecule has 3 N–H and O–H groups in total. The zero-order valence-electron chi connectivity index (χ0n) is 10.1. The first-order valence-corrected chi connectivity index (χ1v) is 5.74. The Hall–Kier alpha value is -0.650. The highest BCUT2D eigenvalue weighted by Crippen LogP contribution is 2.26. The number of ether oxygens (including phenoxy) is 2. The number of carbonyl (C=O) groups is 1. The maximum atomic E-state index is 11.5. The summed E-state index contributed by atoms with van der Waals surface area (Å²) in [6.45, 7) is 0.902. The second-order valence-electron chi connectivity index (χ2n) is 4.27. The molecular formula is C11H22N2O3. The molecule has 0 aromatic heterocycles. The largest absolute Gasteiger partial charge is 0.383 e. The molecule has 3 unspecified atom stereocenters. The van der Waals surface area contributed by atoms with Crippen molar-refractivity contribution >= 4 is 5.91 Å². The molecule has 3 atom stereocenters. The summed E-state index contributed by atoms with van der Waals surface area (Å²) in [6, 6.07) is -0.576. The summed E-state index contributed by atoms with van der Waals surface area (Å²) in [7, 11) is 3.26. The van der Waals surface area contributed by atoms with E-state index in [1.165, 1.54) is 13.5 Å². The number of amides is 1. The van der Waals surface area contributed by atoms with Gasteiger partial charge in [-0.2, -0.15) is 0 Å². The van der Waals surface area contributed by atoms with E-state index in [1.54, 1.807) is 7.11 Å². The molecule has 16 heavy (non-hydrogen) atoms. The van der Waals surface area contributed by atoms with Gasteiger partial charge in [0.05, 0.1) is 12.7 Å². The van der Waals surface area contributed by atoms with E-state index in [4.69, 9.17) is 15.2 Å². The Kier molecular flexibility index (Phi) is 5.73. The van der Waals surface area contributed by atoms with Crippen LogP contribution in [0.5, 0.6) is 0 Å². The molecule has 1 rings (SSSR count). The molecule has 0 heterocycles. The number of carbonyl (C=O) groups excluding carboxylic acids is 1. The van der Waals surface area contributed by atoms with Crippen LogP contribution in [0.25, 0.3) is 0 Å². The molecule has 94 valence electrons. The monoisotopic (exact) mass is 230 g/mol. The number of hydrogen-bond acceptors (Lipinski definition) is 4. The minimum Gasteiger partial charge on any atom is -0.383 e. The molecule has 0 aromatic rings. The minimum atomic E-state index is -0.576. The standard InChI is InChI=1S/C11H22N2O3/c1-15-7-9(12)11(14)13-6-8-4-3-5-10(8)16-2/h8-10H,3-7,12H2,1-2H3,(H,13,14). The fourth-order valence-electron chi connectivity index (χ4n) is 2.16. The van der Waals surface area contributed by atoms with Crippen molar-refractivity contribution < 1.29 is 14.3 Å². The molecule has 0 bridgehead atoms. The highest BCUT2D eigenvalue weighted by atomic mass is 16.5. The molecule has 0 aliphatic heterocycles. The zero-order chi connectivity index (χ0) is 12.0. The molecule has 1 amide bonds. The quantitative estimate of drug-likeness (QED) is 0.668. The number of rotatable bonds is 6. The van der Waals surface area contributed by atoms with Gasteiger partial charge in [-0.1, -0.05) is 6.42 Å². The SMILES string of the molecule is COCC(N)C(=O)NCC1CCCC1OC. The third kappa shape index (κ3) is 3.73. The van der Waals surface area contributed by atoms with Crippen LogP contribution in [0, 0.1) is 5.92 Å². The highest BCUT2D eigenvalue weighted by molar-refractivity contribution is 5.81. The molecule has 0 saturated heterocycles. The number of methoxy groups -OCH3 is 2. The summed E-state index contributed by atoms with van der Waals surface area (Å²) < 4.78 is 10.2. The fraction of sp³-hybridized carbons (Fsp3) is 0.909. The normalized spacial score (nSPS) is 26.7.